The molecule has 0 spiro atoms. The molecular formula is C24H29N3O2S2. The van der Waals surface area contributed by atoms with E-state index in [0.29, 0.717) is 28.5 Å². The molecule has 1 aromatic carbocycles. The number of aryl methyl sites for hydroxylation is 2. The Hall–Kier alpha value is -2.12. The number of methoxy groups -OCH3 is 1. The number of carbonyl (C=O) groups is 1. The Morgan fingerprint density at radius 1 is 1.32 bits per heavy atom. The molecule has 2 heterocycles. The molecule has 31 heavy (non-hydrogen) atoms. The minimum absolute atomic E-state index is 0.0717. The normalized spacial score (nSPS) is 16.2. The first kappa shape index (κ1) is 22.1. The van der Waals surface area contributed by atoms with E-state index < -0.39 is 0 Å². The molecule has 1 amide bonds. The maximum Gasteiger partial charge on any atom is 0.234 e. The number of thioether (sulfide) groups is 1. The molecule has 5 nitrogen and oxygen atoms in total. The first-order valence-corrected chi connectivity index (χ1v) is 12.4. The number of hydrogen-bond acceptors (Lipinski definition) is 6. The van der Waals surface area contributed by atoms with Crippen LogP contribution in [0.4, 0.5) is 5.69 Å². The van der Waals surface area contributed by atoms with Gasteiger partial charge in [0.05, 0.1) is 18.6 Å². The van der Waals surface area contributed by atoms with Crippen LogP contribution in [0.1, 0.15) is 43.2 Å². The molecule has 0 radical (unpaired) electrons. The average Bonchev–Trinajstić information content (AvgIpc) is 3.10. The number of nitrogens with one attached hydrogen (secondary N) is 1. The number of thiophene rings is 1. The van der Waals surface area contributed by atoms with E-state index in [0.717, 1.165) is 33.6 Å². The van der Waals surface area contributed by atoms with Gasteiger partial charge in [0.2, 0.25) is 5.91 Å². The topological polar surface area (TPSA) is 64.1 Å². The second kappa shape index (κ2) is 8.79. The highest BCUT2D eigenvalue weighted by molar-refractivity contribution is 8.00. The number of fused-ring (bicyclic) bond motifs is 3. The molecule has 1 N–H and O–H groups in total. The van der Waals surface area contributed by atoms with Crippen molar-refractivity contribution in [1.82, 2.24) is 9.97 Å². The summed E-state index contributed by atoms with van der Waals surface area (Å²) in [5.74, 6) is 1.57. The van der Waals surface area contributed by atoms with Crippen molar-refractivity contribution in [1.29, 1.82) is 0 Å². The average molecular weight is 456 g/mol. The summed E-state index contributed by atoms with van der Waals surface area (Å²) in [6.07, 6.45) is 4.98. The first-order chi connectivity index (χ1) is 14.8. The number of nitrogens with zero attached hydrogens (tertiary/aromatic N) is 2. The summed E-state index contributed by atoms with van der Waals surface area (Å²) in [6, 6.07) is 5.75. The summed E-state index contributed by atoms with van der Waals surface area (Å²) in [5, 5.41) is 5.03. The lowest BCUT2D eigenvalue weighted by Crippen LogP contribution is -2.26. The van der Waals surface area contributed by atoms with Crippen LogP contribution < -0.4 is 10.1 Å². The summed E-state index contributed by atoms with van der Waals surface area (Å²) >= 11 is 3.28. The van der Waals surface area contributed by atoms with Gasteiger partial charge in [0, 0.05) is 10.3 Å². The number of carbonyl (C=O) groups excluding carboxylic acids is 1. The lowest BCUT2D eigenvalue weighted by molar-refractivity contribution is -0.113. The quantitative estimate of drug-likeness (QED) is 0.384. The number of ether oxygens (including phenoxy) is 1. The monoisotopic (exact) mass is 455 g/mol. The minimum Gasteiger partial charge on any atom is -0.495 e. The molecule has 4 rings (SSSR count). The number of rotatable bonds is 5. The molecule has 0 saturated carbocycles. The van der Waals surface area contributed by atoms with E-state index in [4.69, 9.17) is 4.74 Å². The van der Waals surface area contributed by atoms with Crippen LogP contribution in [0.25, 0.3) is 10.2 Å². The van der Waals surface area contributed by atoms with E-state index >= 15 is 0 Å². The highest BCUT2D eigenvalue weighted by Crippen LogP contribution is 2.44. The maximum absolute atomic E-state index is 12.7. The van der Waals surface area contributed by atoms with Crippen LogP contribution in [0, 0.1) is 18.3 Å². The third-order valence-corrected chi connectivity index (χ3v) is 8.16. The van der Waals surface area contributed by atoms with Gasteiger partial charge in [-0.15, -0.1) is 11.3 Å². The van der Waals surface area contributed by atoms with E-state index in [2.05, 4.69) is 36.1 Å². The third-order valence-electron chi connectivity index (χ3n) is 6.00. The predicted octanol–water partition coefficient (Wildman–Crippen LogP) is 5.89. The number of amides is 1. The standard InChI is InChI=1S/C24H29N3O2S2/c1-14-6-9-18(29-5)17(10-14)27-20(28)12-30-22-21-16-8-7-15(24(2,3)4)11-19(16)31-23(21)26-13-25-22/h6,9-10,13,15H,7-8,11-12H2,1-5H3,(H,27,28)/t15-/m0/s1. The van der Waals surface area contributed by atoms with E-state index in [1.165, 1.54) is 28.6 Å². The van der Waals surface area contributed by atoms with Gasteiger partial charge in [-0.2, -0.15) is 0 Å². The Balaban J connectivity index is 1.52. The van der Waals surface area contributed by atoms with Gasteiger partial charge in [0.25, 0.3) is 0 Å². The zero-order valence-electron chi connectivity index (χ0n) is 18.7. The van der Waals surface area contributed by atoms with E-state index in [1.807, 2.05) is 25.1 Å². The summed E-state index contributed by atoms with van der Waals surface area (Å²) in [6.45, 7) is 8.99. The van der Waals surface area contributed by atoms with Gasteiger partial charge in [-0.1, -0.05) is 38.6 Å². The Morgan fingerprint density at radius 3 is 2.87 bits per heavy atom. The molecule has 1 aliphatic carbocycles. The second-order valence-electron chi connectivity index (χ2n) is 9.21. The van der Waals surface area contributed by atoms with Gasteiger partial charge in [-0.25, -0.2) is 9.97 Å². The fourth-order valence-electron chi connectivity index (χ4n) is 4.17. The fraction of sp³-hybridized carbons (Fsp3) is 0.458. The van der Waals surface area contributed by atoms with Crippen LogP contribution in [0.5, 0.6) is 5.75 Å². The van der Waals surface area contributed by atoms with Crippen LogP contribution >= 0.6 is 23.1 Å². The molecule has 164 valence electrons. The molecular weight excluding hydrogens is 426 g/mol. The fourth-order valence-corrected chi connectivity index (χ4v) is 6.33. The number of aromatic nitrogens is 2. The smallest absolute Gasteiger partial charge is 0.234 e. The first-order valence-electron chi connectivity index (χ1n) is 10.6. The molecule has 0 unspecified atom stereocenters. The lowest BCUT2D eigenvalue weighted by Gasteiger charge is -2.33. The lowest BCUT2D eigenvalue weighted by atomic mass is 9.72. The van der Waals surface area contributed by atoms with Crippen molar-refractivity contribution in [2.75, 3.05) is 18.2 Å². The van der Waals surface area contributed by atoms with Gasteiger partial charge in [0.15, 0.2) is 0 Å². The van der Waals surface area contributed by atoms with Crippen molar-refractivity contribution in [2.24, 2.45) is 11.3 Å². The van der Waals surface area contributed by atoms with Gasteiger partial charge in [-0.05, 0) is 60.8 Å². The molecule has 1 aliphatic rings. The highest BCUT2D eigenvalue weighted by Gasteiger charge is 2.31. The van der Waals surface area contributed by atoms with Crippen LogP contribution in [0.3, 0.4) is 0 Å². The van der Waals surface area contributed by atoms with E-state index in [9.17, 15) is 4.79 Å². The zero-order chi connectivity index (χ0) is 22.2. The molecule has 0 saturated heterocycles. The van der Waals surface area contributed by atoms with Gasteiger partial charge in [0.1, 0.15) is 21.9 Å². The van der Waals surface area contributed by atoms with Crippen molar-refractivity contribution in [2.45, 2.75) is 52.0 Å². The van der Waals surface area contributed by atoms with Crippen molar-refractivity contribution in [3.63, 3.8) is 0 Å². The maximum atomic E-state index is 12.7. The van der Waals surface area contributed by atoms with Crippen molar-refractivity contribution >= 4 is 44.9 Å². The Labute approximate surface area is 192 Å². The Kier molecular flexibility index (Phi) is 6.26. The van der Waals surface area contributed by atoms with Crippen molar-refractivity contribution in [3.8, 4) is 5.75 Å². The highest BCUT2D eigenvalue weighted by atomic mass is 32.2. The molecule has 7 heteroatoms. The molecule has 0 fully saturated rings. The van der Waals surface area contributed by atoms with Gasteiger partial charge < -0.3 is 10.1 Å². The largest absolute Gasteiger partial charge is 0.495 e. The Morgan fingerprint density at radius 2 is 2.13 bits per heavy atom. The molecule has 2 aromatic heterocycles. The van der Waals surface area contributed by atoms with Crippen LogP contribution in [-0.4, -0.2) is 28.7 Å². The SMILES string of the molecule is COc1ccc(C)cc1NC(=O)CSc1ncnc2sc3c(c12)CC[C@H](C(C)(C)C)C3. The van der Waals surface area contributed by atoms with E-state index in [1.54, 1.807) is 24.8 Å². The van der Waals surface area contributed by atoms with Crippen molar-refractivity contribution < 1.29 is 9.53 Å². The molecule has 0 bridgehead atoms. The molecule has 1 atom stereocenters. The molecule has 0 aliphatic heterocycles. The third kappa shape index (κ3) is 4.72. The van der Waals surface area contributed by atoms with E-state index in [-0.39, 0.29) is 5.91 Å². The van der Waals surface area contributed by atoms with Crippen LogP contribution in [0.2, 0.25) is 0 Å². The Bertz CT molecular complexity index is 1120. The number of hydrogen-bond donors (Lipinski definition) is 1. The second-order valence-corrected chi connectivity index (χ2v) is 11.3. The minimum atomic E-state index is -0.0717. The number of anilines is 1. The van der Waals surface area contributed by atoms with Crippen LogP contribution in [-0.2, 0) is 17.6 Å². The number of benzene rings is 1. The zero-order valence-corrected chi connectivity index (χ0v) is 20.4. The summed E-state index contributed by atoms with van der Waals surface area (Å²) in [4.78, 5) is 24.2. The molecule has 3 aromatic rings. The summed E-state index contributed by atoms with van der Waals surface area (Å²) in [5.41, 5.74) is 3.47. The predicted molar refractivity (Wildman–Crippen MR) is 129 cm³/mol. The summed E-state index contributed by atoms with van der Waals surface area (Å²) in [7, 11) is 1.61. The summed E-state index contributed by atoms with van der Waals surface area (Å²) < 4.78 is 5.37. The van der Waals surface area contributed by atoms with Gasteiger partial charge >= 0.3 is 0 Å². The van der Waals surface area contributed by atoms with Gasteiger partial charge in [-0.3, -0.25) is 4.79 Å². The van der Waals surface area contributed by atoms with Crippen LogP contribution in [0.15, 0.2) is 29.6 Å². The van der Waals surface area contributed by atoms with Crippen molar-refractivity contribution in [3.05, 3.63) is 40.5 Å².